The second-order valence-corrected chi connectivity index (χ2v) is 7.24. The van der Waals surface area contributed by atoms with Gasteiger partial charge in [-0.3, -0.25) is 14.7 Å². The van der Waals surface area contributed by atoms with Crippen LogP contribution in [0.4, 0.5) is 0 Å². The smallest absolute Gasteiger partial charge is 0.254 e. The number of hydrogen-bond acceptors (Lipinski definition) is 3. The van der Waals surface area contributed by atoms with Gasteiger partial charge in [-0.15, -0.1) is 0 Å². The Morgan fingerprint density at radius 2 is 1.43 bits per heavy atom. The van der Waals surface area contributed by atoms with Gasteiger partial charge < -0.3 is 4.90 Å². The van der Waals surface area contributed by atoms with Crippen LogP contribution in [-0.4, -0.2) is 46.9 Å². The SMILES string of the molecule is Cc1cc(C(=O)N2CCN(C(c3ccccc3)c3ccccc3)CC2)ccn1. The Bertz CT molecular complexity index is 879. The quantitative estimate of drug-likeness (QED) is 0.697. The summed E-state index contributed by atoms with van der Waals surface area (Å²) >= 11 is 0. The van der Waals surface area contributed by atoms with Gasteiger partial charge >= 0.3 is 0 Å². The van der Waals surface area contributed by atoms with Crippen molar-refractivity contribution in [2.45, 2.75) is 13.0 Å². The third-order valence-electron chi connectivity index (χ3n) is 5.34. The maximum atomic E-state index is 12.8. The molecule has 1 fully saturated rings. The average Bonchev–Trinajstić information content (AvgIpc) is 2.75. The Balaban J connectivity index is 1.51. The van der Waals surface area contributed by atoms with E-state index in [-0.39, 0.29) is 11.9 Å². The first-order chi connectivity index (χ1) is 13.7. The van der Waals surface area contributed by atoms with Gasteiger partial charge in [0.2, 0.25) is 0 Å². The van der Waals surface area contributed by atoms with Gasteiger partial charge in [0.1, 0.15) is 0 Å². The molecule has 1 saturated heterocycles. The van der Waals surface area contributed by atoms with E-state index in [1.807, 2.05) is 17.9 Å². The topological polar surface area (TPSA) is 36.4 Å². The van der Waals surface area contributed by atoms with E-state index < -0.39 is 0 Å². The van der Waals surface area contributed by atoms with Gasteiger partial charge in [-0.25, -0.2) is 0 Å². The number of piperazine rings is 1. The summed E-state index contributed by atoms with van der Waals surface area (Å²) in [6, 6.07) is 25.1. The van der Waals surface area contributed by atoms with Gasteiger partial charge in [-0.1, -0.05) is 60.7 Å². The third kappa shape index (κ3) is 3.97. The molecular formula is C24H25N3O. The Morgan fingerprint density at radius 3 is 1.96 bits per heavy atom. The number of hydrogen-bond donors (Lipinski definition) is 0. The highest BCUT2D eigenvalue weighted by Gasteiger charge is 2.28. The predicted molar refractivity (Wildman–Crippen MR) is 111 cm³/mol. The molecule has 2 heterocycles. The van der Waals surface area contributed by atoms with E-state index in [0.717, 1.165) is 37.4 Å². The maximum Gasteiger partial charge on any atom is 0.254 e. The van der Waals surface area contributed by atoms with Crippen molar-refractivity contribution in [2.75, 3.05) is 26.2 Å². The second-order valence-electron chi connectivity index (χ2n) is 7.24. The first-order valence-corrected chi connectivity index (χ1v) is 9.78. The number of aryl methyl sites for hydroxylation is 1. The normalized spacial score (nSPS) is 15.0. The molecule has 1 aromatic heterocycles. The summed E-state index contributed by atoms with van der Waals surface area (Å²) in [6.07, 6.45) is 1.71. The monoisotopic (exact) mass is 371 g/mol. The average molecular weight is 371 g/mol. The van der Waals surface area contributed by atoms with Gasteiger partial charge in [-0.2, -0.15) is 0 Å². The fourth-order valence-corrected chi connectivity index (χ4v) is 3.93. The molecule has 4 rings (SSSR count). The minimum absolute atomic E-state index is 0.0983. The minimum Gasteiger partial charge on any atom is -0.336 e. The molecule has 28 heavy (non-hydrogen) atoms. The van der Waals surface area contributed by atoms with E-state index in [2.05, 4.69) is 70.5 Å². The van der Waals surface area contributed by atoms with E-state index in [1.165, 1.54) is 11.1 Å². The van der Waals surface area contributed by atoms with E-state index in [4.69, 9.17) is 0 Å². The standard InChI is InChI=1S/C24H25N3O/c1-19-18-22(12-13-25-19)24(28)27-16-14-26(15-17-27)23(20-8-4-2-5-9-20)21-10-6-3-7-11-21/h2-13,18,23H,14-17H2,1H3. The van der Waals surface area contributed by atoms with E-state index in [1.54, 1.807) is 12.3 Å². The summed E-state index contributed by atoms with van der Waals surface area (Å²) in [5, 5.41) is 0. The van der Waals surface area contributed by atoms with Gasteiger partial charge in [0.15, 0.2) is 0 Å². The number of carbonyl (C=O) groups excluding carboxylic acids is 1. The number of pyridine rings is 1. The zero-order valence-corrected chi connectivity index (χ0v) is 16.2. The fraction of sp³-hybridized carbons (Fsp3) is 0.250. The summed E-state index contributed by atoms with van der Waals surface area (Å²) in [5.74, 6) is 0.0983. The second kappa shape index (κ2) is 8.36. The molecule has 3 aromatic rings. The maximum absolute atomic E-state index is 12.8. The molecule has 0 bridgehead atoms. The van der Waals surface area contributed by atoms with Crippen molar-refractivity contribution in [3.63, 3.8) is 0 Å². The van der Waals surface area contributed by atoms with Crippen LogP contribution in [0.3, 0.4) is 0 Å². The molecule has 0 aliphatic carbocycles. The molecule has 142 valence electrons. The highest BCUT2D eigenvalue weighted by atomic mass is 16.2. The first-order valence-electron chi connectivity index (χ1n) is 9.78. The molecule has 0 spiro atoms. The van der Waals surface area contributed by atoms with Crippen LogP contribution in [0.15, 0.2) is 79.0 Å². The van der Waals surface area contributed by atoms with Crippen LogP contribution in [0.1, 0.15) is 33.2 Å². The van der Waals surface area contributed by atoms with Crippen LogP contribution >= 0.6 is 0 Å². The van der Waals surface area contributed by atoms with Crippen molar-refractivity contribution in [2.24, 2.45) is 0 Å². The molecule has 1 amide bonds. The molecule has 0 atom stereocenters. The zero-order chi connectivity index (χ0) is 19.3. The minimum atomic E-state index is 0.0983. The largest absolute Gasteiger partial charge is 0.336 e. The van der Waals surface area contributed by atoms with Crippen molar-refractivity contribution in [3.05, 3.63) is 101 Å². The lowest BCUT2D eigenvalue weighted by atomic mass is 9.96. The van der Waals surface area contributed by atoms with Crippen molar-refractivity contribution in [1.82, 2.24) is 14.8 Å². The summed E-state index contributed by atoms with van der Waals surface area (Å²) in [7, 11) is 0. The van der Waals surface area contributed by atoms with Crippen molar-refractivity contribution in [3.8, 4) is 0 Å². The number of benzene rings is 2. The van der Waals surface area contributed by atoms with Crippen molar-refractivity contribution in [1.29, 1.82) is 0 Å². The lowest BCUT2D eigenvalue weighted by Crippen LogP contribution is -2.49. The molecule has 1 aliphatic rings. The molecule has 1 aliphatic heterocycles. The van der Waals surface area contributed by atoms with Gasteiger partial charge in [0.05, 0.1) is 6.04 Å². The lowest BCUT2D eigenvalue weighted by Gasteiger charge is -2.39. The third-order valence-corrected chi connectivity index (χ3v) is 5.34. The first kappa shape index (κ1) is 18.4. The van der Waals surface area contributed by atoms with Crippen LogP contribution < -0.4 is 0 Å². The Kier molecular flexibility index (Phi) is 5.49. The highest BCUT2D eigenvalue weighted by molar-refractivity contribution is 5.94. The van der Waals surface area contributed by atoms with Crippen LogP contribution in [0.2, 0.25) is 0 Å². The van der Waals surface area contributed by atoms with E-state index >= 15 is 0 Å². The Labute approximate surface area is 166 Å². The van der Waals surface area contributed by atoms with Gasteiger partial charge in [0.25, 0.3) is 5.91 Å². The summed E-state index contributed by atoms with van der Waals surface area (Å²) in [6.45, 7) is 5.08. The zero-order valence-electron chi connectivity index (χ0n) is 16.2. The molecule has 2 aromatic carbocycles. The molecule has 4 heteroatoms. The summed E-state index contributed by atoms with van der Waals surface area (Å²) in [5.41, 5.74) is 4.18. The molecule has 0 unspecified atom stereocenters. The highest BCUT2D eigenvalue weighted by Crippen LogP contribution is 2.29. The number of nitrogens with zero attached hydrogens (tertiary/aromatic N) is 3. The van der Waals surface area contributed by atoms with E-state index in [9.17, 15) is 4.79 Å². The van der Waals surface area contributed by atoms with Gasteiger partial charge in [-0.05, 0) is 30.2 Å². The molecule has 0 radical (unpaired) electrons. The number of amides is 1. The fourth-order valence-electron chi connectivity index (χ4n) is 3.93. The van der Waals surface area contributed by atoms with Crippen molar-refractivity contribution >= 4 is 5.91 Å². The molecule has 0 N–H and O–H groups in total. The molecule has 4 nitrogen and oxygen atoms in total. The van der Waals surface area contributed by atoms with Crippen LogP contribution in [0, 0.1) is 6.92 Å². The van der Waals surface area contributed by atoms with E-state index in [0.29, 0.717) is 0 Å². The predicted octanol–water partition coefficient (Wildman–Crippen LogP) is 3.94. The molecule has 0 saturated carbocycles. The van der Waals surface area contributed by atoms with Crippen LogP contribution in [0.25, 0.3) is 0 Å². The number of carbonyl (C=O) groups is 1. The Morgan fingerprint density at radius 1 is 0.857 bits per heavy atom. The van der Waals surface area contributed by atoms with Crippen LogP contribution in [0.5, 0.6) is 0 Å². The lowest BCUT2D eigenvalue weighted by molar-refractivity contribution is 0.0597. The number of aromatic nitrogens is 1. The summed E-state index contributed by atoms with van der Waals surface area (Å²) < 4.78 is 0. The van der Waals surface area contributed by atoms with Gasteiger partial charge in [0, 0.05) is 43.6 Å². The molecular weight excluding hydrogens is 346 g/mol. The Hall–Kier alpha value is -2.98. The number of rotatable bonds is 4. The van der Waals surface area contributed by atoms with Crippen molar-refractivity contribution < 1.29 is 4.79 Å². The van der Waals surface area contributed by atoms with Crippen LogP contribution in [-0.2, 0) is 0 Å². The summed E-state index contributed by atoms with van der Waals surface area (Å²) in [4.78, 5) is 21.5.